The largest absolute Gasteiger partial charge is 0.347 e. The Bertz CT molecular complexity index is 711. The van der Waals surface area contributed by atoms with Gasteiger partial charge in [-0.2, -0.15) is 0 Å². The van der Waals surface area contributed by atoms with Crippen molar-refractivity contribution in [2.24, 2.45) is 0 Å². The third-order valence-electron chi connectivity index (χ3n) is 3.47. The summed E-state index contributed by atoms with van der Waals surface area (Å²) in [5.74, 6) is -0.473. The van der Waals surface area contributed by atoms with Crippen molar-refractivity contribution in [3.05, 3.63) is 64.2 Å². The molecule has 2 aromatic rings. The van der Waals surface area contributed by atoms with Gasteiger partial charge in [0.15, 0.2) is 0 Å². The molecule has 120 valence electrons. The van der Waals surface area contributed by atoms with E-state index in [1.165, 1.54) is 0 Å². The van der Waals surface area contributed by atoms with Crippen molar-refractivity contribution in [1.29, 1.82) is 0 Å². The van der Waals surface area contributed by atoms with Crippen LogP contribution in [0.25, 0.3) is 0 Å². The predicted molar refractivity (Wildman–Crippen MR) is 92.7 cm³/mol. The topological polar surface area (TPSA) is 58.2 Å². The van der Waals surface area contributed by atoms with E-state index in [2.05, 4.69) is 10.6 Å². The van der Waals surface area contributed by atoms with Crippen molar-refractivity contribution in [1.82, 2.24) is 5.32 Å². The highest BCUT2D eigenvalue weighted by atomic mass is 35.5. The molecule has 0 saturated carbocycles. The molecule has 23 heavy (non-hydrogen) atoms. The summed E-state index contributed by atoms with van der Waals surface area (Å²) < 4.78 is 0. The third-order valence-corrected chi connectivity index (χ3v) is 3.88. The zero-order valence-corrected chi connectivity index (χ0v) is 13.9. The highest BCUT2D eigenvalue weighted by Crippen LogP contribution is 2.22. The van der Waals surface area contributed by atoms with Crippen LogP contribution in [0.1, 0.15) is 16.7 Å². The zero-order chi connectivity index (χ0) is 16.8. The lowest BCUT2D eigenvalue weighted by Gasteiger charge is -2.10. The Balaban J connectivity index is 1.83. The van der Waals surface area contributed by atoms with Gasteiger partial charge in [0.05, 0.1) is 13.0 Å². The number of anilines is 1. The molecule has 0 unspecified atom stereocenters. The van der Waals surface area contributed by atoms with Gasteiger partial charge in [-0.05, 0) is 37.1 Å². The minimum atomic E-state index is -0.285. The van der Waals surface area contributed by atoms with E-state index < -0.39 is 0 Å². The molecule has 0 heterocycles. The van der Waals surface area contributed by atoms with Gasteiger partial charge in [0, 0.05) is 10.7 Å². The van der Waals surface area contributed by atoms with Gasteiger partial charge >= 0.3 is 0 Å². The molecule has 0 saturated heterocycles. The first-order valence-electron chi connectivity index (χ1n) is 7.33. The molecule has 2 amide bonds. The van der Waals surface area contributed by atoms with E-state index in [9.17, 15) is 9.59 Å². The van der Waals surface area contributed by atoms with E-state index in [0.29, 0.717) is 10.7 Å². The molecule has 4 nitrogen and oxygen atoms in total. The van der Waals surface area contributed by atoms with Gasteiger partial charge in [0.25, 0.3) is 0 Å². The Labute approximate surface area is 140 Å². The van der Waals surface area contributed by atoms with Gasteiger partial charge in [0.2, 0.25) is 11.8 Å². The van der Waals surface area contributed by atoms with Crippen LogP contribution in [0, 0.1) is 13.8 Å². The molecule has 2 aromatic carbocycles. The van der Waals surface area contributed by atoms with Crippen LogP contribution in [-0.4, -0.2) is 18.4 Å². The van der Waals surface area contributed by atoms with E-state index in [-0.39, 0.29) is 24.8 Å². The first kappa shape index (κ1) is 17.0. The van der Waals surface area contributed by atoms with Crippen LogP contribution in [-0.2, 0) is 16.0 Å². The Hall–Kier alpha value is -2.33. The third kappa shape index (κ3) is 5.11. The van der Waals surface area contributed by atoms with Crippen LogP contribution in [0.3, 0.4) is 0 Å². The second-order valence-corrected chi connectivity index (χ2v) is 5.81. The fraction of sp³-hybridized carbons (Fsp3) is 0.222. The minimum absolute atomic E-state index is 0.0728. The summed E-state index contributed by atoms with van der Waals surface area (Å²) in [6.45, 7) is 3.75. The van der Waals surface area contributed by atoms with Gasteiger partial charge in [0.1, 0.15) is 0 Å². The Morgan fingerprint density at radius 2 is 1.70 bits per heavy atom. The first-order valence-corrected chi connectivity index (χ1v) is 7.70. The highest BCUT2D eigenvalue weighted by molar-refractivity contribution is 6.31. The molecule has 0 aliphatic rings. The molecule has 0 aliphatic heterocycles. The minimum Gasteiger partial charge on any atom is -0.347 e. The maximum atomic E-state index is 11.9. The SMILES string of the molecule is Cc1ccc(CC(=O)NCC(=O)Nc2cccc(Cl)c2C)cc1. The number of nitrogens with one attached hydrogen (secondary N) is 2. The monoisotopic (exact) mass is 330 g/mol. The molecule has 0 fully saturated rings. The summed E-state index contributed by atoms with van der Waals surface area (Å²) >= 11 is 6.01. The quantitative estimate of drug-likeness (QED) is 0.884. The smallest absolute Gasteiger partial charge is 0.243 e. The fourth-order valence-electron chi connectivity index (χ4n) is 2.07. The van der Waals surface area contributed by atoms with Crippen LogP contribution < -0.4 is 10.6 Å². The molecule has 2 rings (SSSR count). The summed E-state index contributed by atoms with van der Waals surface area (Å²) in [6.07, 6.45) is 0.254. The maximum absolute atomic E-state index is 11.9. The van der Waals surface area contributed by atoms with E-state index in [0.717, 1.165) is 16.7 Å². The maximum Gasteiger partial charge on any atom is 0.243 e. The Kier molecular flexibility index (Phi) is 5.77. The predicted octanol–water partition coefficient (Wildman–Crippen LogP) is 3.25. The highest BCUT2D eigenvalue weighted by Gasteiger charge is 2.09. The van der Waals surface area contributed by atoms with Crippen LogP contribution >= 0.6 is 11.6 Å². The summed E-state index contributed by atoms with van der Waals surface area (Å²) in [6, 6.07) is 13.0. The van der Waals surface area contributed by atoms with Crippen molar-refractivity contribution in [3.63, 3.8) is 0 Å². The number of aryl methyl sites for hydroxylation is 1. The van der Waals surface area contributed by atoms with E-state index in [1.807, 2.05) is 38.1 Å². The average molecular weight is 331 g/mol. The van der Waals surface area contributed by atoms with Gasteiger partial charge in [-0.25, -0.2) is 0 Å². The normalized spacial score (nSPS) is 10.2. The second kappa shape index (κ2) is 7.79. The summed E-state index contributed by atoms with van der Waals surface area (Å²) in [5.41, 5.74) is 3.51. The van der Waals surface area contributed by atoms with Crippen molar-refractivity contribution in [2.45, 2.75) is 20.3 Å². The van der Waals surface area contributed by atoms with Crippen molar-refractivity contribution >= 4 is 29.1 Å². The molecule has 0 bridgehead atoms. The summed E-state index contributed by atoms with van der Waals surface area (Å²) in [5, 5.41) is 5.94. The first-order chi connectivity index (χ1) is 11.0. The molecular weight excluding hydrogens is 312 g/mol. The van der Waals surface area contributed by atoms with Crippen molar-refractivity contribution < 1.29 is 9.59 Å². The lowest BCUT2D eigenvalue weighted by Crippen LogP contribution is -2.33. The van der Waals surface area contributed by atoms with Gasteiger partial charge in [-0.3, -0.25) is 9.59 Å². The van der Waals surface area contributed by atoms with Crippen LogP contribution in [0.15, 0.2) is 42.5 Å². The second-order valence-electron chi connectivity index (χ2n) is 5.40. The number of halogens is 1. The number of rotatable bonds is 5. The van der Waals surface area contributed by atoms with Crippen LogP contribution in [0.4, 0.5) is 5.69 Å². The molecule has 0 atom stereocenters. The van der Waals surface area contributed by atoms with Gasteiger partial charge in [-0.1, -0.05) is 47.5 Å². The number of hydrogen-bond acceptors (Lipinski definition) is 2. The average Bonchev–Trinajstić information content (AvgIpc) is 2.52. The molecule has 0 radical (unpaired) electrons. The molecular formula is C18H19ClN2O2. The van der Waals surface area contributed by atoms with Gasteiger partial charge < -0.3 is 10.6 Å². The number of benzene rings is 2. The number of amides is 2. The number of carbonyl (C=O) groups excluding carboxylic acids is 2. The molecule has 2 N–H and O–H groups in total. The molecule has 0 aromatic heterocycles. The van der Waals surface area contributed by atoms with Crippen molar-refractivity contribution in [2.75, 3.05) is 11.9 Å². The van der Waals surface area contributed by atoms with E-state index >= 15 is 0 Å². The zero-order valence-electron chi connectivity index (χ0n) is 13.2. The number of carbonyl (C=O) groups is 2. The molecule has 0 aliphatic carbocycles. The fourth-order valence-corrected chi connectivity index (χ4v) is 2.24. The van der Waals surface area contributed by atoms with E-state index in [1.54, 1.807) is 18.2 Å². The Morgan fingerprint density at radius 3 is 2.39 bits per heavy atom. The summed E-state index contributed by atoms with van der Waals surface area (Å²) in [7, 11) is 0. The standard InChI is InChI=1S/C18H19ClN2O2/c1-12-6-8-14(9-7-12)10-17(22)20-11-18(23)21-16-5-3-4-15(19)13(16)2/h3-9H,10-11H2,1-2H3,(H,20,22)(H,21,23). The molecule has 5 heteroatoms. The summed E-state index contributed by atoms with van der Waals surface area (Å²) in [4.78, 5) is 23.8. The lowest BCUT2D eigenvalue weighted by molar-refractivity contribution is -0.123. The van der Waals surface area contributed by atoms with Crippen LogP contribution in [0.5, 0.6) is 0 Å². The van der Waals surface area contributed by atoms with Crippen molar-refractivity contribution in [3.8, 4) is 0 Å². The number of hydrogen-bond donors (Lipinski definition) is 2. The van der Waals surface area contributed by atoms with Gasteiger partial charge in [-0.15, -0.1) is 0 Å². The Morgan fingerprint density at radius 1 is 1.00 bits per heavy atom. The van der Waals surface area contributed by atoms with E-state index in [4.69, 9.17) is 11.6 Å². The van der Waals surface area contributed by atoms with Crippen LogP contribution in [0.2, 0.25) is 5.02 Å². The molecule has 0 spiro atoms. The lowest BCUT2D eigenvalue weighted by atomic mass is 10.1.